The van der Waals surface area contributed by atoms with Crippen molar-refractivity contribution in [3.63, 3.8) is 0 Å². The first-order chi connectivity index (χ1) is 8.74. The molecule has 0 aliphatic carbocycles. The Morgan fingerprint density at radius 1 is 1.21 bits per heavy atom. The van der Waals surface area contributed by atoms with E-state index in [9.17, 15) is 9.59 Å². The average Bonchev–Trinajstić information content (AvgIpc) is 2.24. The fourth-order valence-electron chi connectivity index (χ4n) is 1.67. The first-order valence-corrected chi connectivity index (χ1v) is 7.78. The van der Waals surface area contributed by atoms with E-state index in [0.29, 0.717) is 13.0 Å². The van der Waals surface area contributed by atoms with Crippen LogP contribution in [0.2, 0.25) is 0 Å². The summed E-state index contributed by atoms with van der Waals surface area (Å²) >= 11 is 8.68. The van der Waals surface area contributed by atoms with Crippen LogP contribution >= 0.6 is 25.3 Å². The second-order valence-electron chi connectivity index (χ2n) is 5.48. The first-order valence-electron chi connectivity index (χ1n) is 6.82. The van der Waals surface area contributed by atoms with Gasteiger partial charge in [-0.1, -0.05) is 27.2 Å². The van der Waals surface area contributed by atoms with Crippen LogP contribution < -0.4 is 0 Å². The van der Waals surface area contributed by atoms with Crippen LogP contribution in [0.4, 0.5) is 0 Å². The third-order valence-corrected chi connectivity index (χ3v) is 3.25. The molecule has 0 aromatic heterocycles. The summed E-state index contributed by atoms with van der Waals surface area (Å²) in [7, 11) is 0. The summed E-state index contributed by atoms with van der Waals surface area (Å²) in [6, 6.07) is 0. The second kappa shape index (κ2) is 9.70. The van der Waals surface area contributed by atoms with Crippen molar-refractivity contribution in [2.24, 2.45) is 0 Å². The highest BCUT2D eigenvalue weighted by Crippen LogP contribution is 2.18. The van der Waals surface area contributed by atoms with Crippen molar-refractivity contribution in [1.29, 1.82) is 0 Å². The summed E-state index contributed by atoms with van der Waals surface area (Å²) < 4.78 is 4.76. The maximum absolute atomic E-state index is 11.6. The van der Waals surface area contributed by atoms with Gasteiger partial charge in [0.15, 0.2) is 0 Å². The number of esters is 1. The van der Waals surface area contributed by atoms with E-state index < -0.39 is 0 Å². The Balaban J connectivity index is 3.68. The van der Waals surface area contributed by atoms with Crippen LogP contribution in [0.1, 0.15) is 59.3 Å². The summed E-state index contributed by atoms with van der Waals surface area (Å²) in [5, 5.41) is 0.282. The maximum atomic E-state index is 11.6. The predicted molar refractivity (Wildman–Crippen MR) is 85.2 cm³/mol. The Hall–Kier alpha value is -0.160. The molecule has 0 heterocycles. The Labute approximate surface area is 127 Å². The molecular formula is C14H26O3S2. The molecular weight excluding hydrogens is 280 g/mol. The number of hydrogen-bond acceptors (Lipinski definition) is 5. The van der Waals surface area contributed by atoms with Gasteiger partial charge in [0.05, 0.1) is 13.0 Å². The van der Waals surface area contributed by atoms with E-state index >= 15 is 0 Å². The third kappa shape index (κ3) is 12.6. The van der Waals surface area contributed by atoms with E-state index in [2.05, 4.69) is 32.2 Å². The van der Waals surface area contributed by atoms with Crippen LogP contribution in [0.25, 0.3) is 0 Å². The fourth-order valence-corrected chi connectivity index (χ4v) is 2.21. The molecule has 0 amide bonds. The molecule has 0 fully saturated rings. The minimum absolute atomic E-state index is 0.0509. The highest BCUT2D eigenvalue weighted by Gasteiger charge is 2.17. The minimum atomic E-state index is -0.319. The monoisotopic (exact) mass is 306 g/mol. The summed E-state index contributed by atoms with van der Waals surface area (Å²) in [5.41, 5.74) is 0. The zero-order valence-electron chi connectivity index (χ0n) is 12.1. The molecule has 0 bridgehead atoms. The van der Waals surface area contributed by atoms with Crippen molar-refractivity contribution in [1.82, 2.24) is 0 Å². The van der Waals surface area contributed by atoms with Crippen LogP contribution in [-0.2, 0) is 14.3 Å². The summed E-state index contributed by atoms with van der Waals surface area (Å²) in [4.78, 5) is 23.0. The van der Waals surface area contributed by atoms with Crippen molar-refractivity contribution in [2.45, 2.75) is 69.3 Å². The topological polar surface area (TPSA) is 43.4 Å². The Bertz CT molecular complexity index is 285. The van der Waals surface area contributed by atoms with Gasteiger partial charge in [-0.25, -0.2) is 0 Å². The van der Waals surface area contributed by atoms with Crippen LogP contribution in [0.15, 0.2) is 0 Å². The van der Waals surface area contributed by atoms with E-state index in [0.717, 1.165) is 19.3 Å². The summed E-state index contributed by atoms with van der Waals surface area (Å²) in [6.07, 6.45) is 3.64. The number of thiol groups is 2. The molecule has 1 unspecified atom stereocenters. The molecule has 0 N–H and O–H groups in total. The standard InChI is InChI=1S/C14H26O3S2/c1-4-5-12(18)8-9-17-13(16)7-6-11(15)10-14(2,3)19/h12,18-19H,4-10H2,1-3H3. The number of ketones is 1. The lowest BCUT2D eigenvalue weighted by atomic mass is 10.0. The molecule has 0 rings (SSSR count). The SMILES string of the molecule is CCCC(S)CCOC(=O)CCC(=O)CC(C)(C)S. The predicted octanol–water partition coefficient (Wildman–Crippen LogP) is 3.47. The van der Waals surface area contributed by atoms with Gasteiger partial charge in [-0.05, 0) is 12.8 Å². The van der Waals surface area contributed by atoms with Crippen LogP contribution in [0.5, 0.6) is 0 Å². The zero-order valence-corrected chi connectivity index (χ0v) is 13.9. The van der Waals surface area contributed by atoms with Gasteiger partial charge in [-0.2, -0.15) is 25.3 Å². The van der Waals surface area contributed by atoms with Crippen molar-refractivity contribution < 1.29 is 14.3 Å². The number of carbonyl (C=O) groups is 2. The quantitative estimate of drug-likeness (QED) is 0.480. The molecule has 0 radical (unpaired) electrons. The zero-order chi connectivity index (χ0) is 14.9. The number of ether oxygens (including phenoxy) is 1. The van der Waals surface area contributed by atoms with E-state index in [-0.39, 0.29) is 34.6 Å². The van der Waals surface area contributed by atoms with Gasteiger partial charge >= 0.3 is 5.97 Å². The summed E-state index contributed by atoms with van der Waals surface area (Å²) in [5.74, 6) is -0.252. The number of carbonyl (C=O) groups excluding carboxylic acids is 2. The smallest absolute Gasteiger partial charge is 0.306 e. The lowest BCUT2D eigenvalue weighted by Crippen LogP contribution is -2.18. The van der Waals surface area contributed by atoms with E-state index in [1.54, 1.807) is 0 Å². The first kappa shape index (κ1) is 18.8. The van der Waals surface area contributed by atoms with Gasteiger partial charge in [0.25, 0.3) is 0 Å². The van der Waals surface area contributed by atoms with E-state index in [1.165, 1.54) is 0 Å². The van der Waals surface area contributed by atoms with Gasteiger partial charge < -0.3 is 4.74 Å². The molecule has 0 aromatic rings. The molecule has 0 saturated heterocycles. The molecule has 0 aliphatic heterocycles. The minimum Gasteiger partial charge on any atom is -0.466 e. The molecule has 5 heteroatoms. The van der Waals surface area contributed by atoms with Crippen molar-refractivity contribution >= 4 is 37.0 Å². The molecule has 0 spiro atoms. The number of Topliss-reactive ketones (excluding diaryl/α,β-unsaturated/α-hetero) is 1. The van der Waals surface area contributed by atoms with Crippen LogP contribution in [-0.4, -0.2) is 28.4 Å². The van der Waals surface area contributed by atoms with Crippen LogP contribution in [0, 0.1) is 0 Å². The molecule has 0 aliphatic rings. The molecule has 1 atom stereocenters. The Morgan fingerprint density at radius 2 is 1.84 bits per heavy atom. The largest absolute Gasteiger partial charge is 0.466 e. The van der Waals surface area contributed by atoms with E-state index in [4.69, 9.17) is 4.74 Å². The molecule has 0 saturated carbocycles. The Morgan fingerprint density at radius 3 is 2.37 bits per heavy atom. The second-order valence-corrected chi connectivity index (χ2v) is 7.42. The fraction of sp³-hybridized carbons (Fsp3) is 0.857. The number of rotatable bonds is 10. The van der Waals surface area contributed by atoms with Gasteiger partial charge in [0.2, 0.25) is 0 Å². The lowest BCUT2D eigenvalue weighted by molar-refractivity contribution is -0.145. The molecule has 112 valence electrons. The van der Waals surface area contributed by atoms with Crippen molar-refractivity contribution in [2.75, 3.05) is 6.61 Å². The van der Waals surface area contributed by atoms with Gasteiger partial charge in [0, 0.05) is 22.8 Å². The average molecular weight is 306 g/mol. The molecule has 3 nitrogen and oxygen atoms in total. The van der Waals surface area contributed by atoms with E-state index in [1.807, 2.05) is 13.8 Å². The molecule has 19 heavy (non-hydrogen) atoms. The van der Waals surface area contributed by atoms with Crippen molar-refractivity contribution in [3.05, 3.63) is 0 Å². The van der Waals surface area contributed by atoms with Crippen LogP contribution in [0.3, 0.4) is 0 Å². The highest BCUT2D eigenvalue weighted by atomic mass is 32.1. The lowest BCUT2D eigenvalue weighted by Gasteiger charge is -2.15. The summed E-state index contributed by atoms with van der Waals surface area (Å²) in [6.45, 7) is 6.25. The van der Waals surface area contributed by atoms with Gasteiger partial charge in [-0.3, -0.25) is 9.59 Å². The Kier molecular flexibility index (Phi) is 9.62. The van der Waals surface area contributed by atoms with Crippen molar-refractivity contribution in [3.8, 4) is 0 Å². The molecule has 0 aromatic carbocycles. The van der Waals surface area contributed by atoms with Gasteiger partial charge in [0.1, 0.15) is 5.78 Å². The highest BCUT2D eigenvalue weighted by molar-refractivity contribution is 7.81. The maximum Gasteiger partial charge on any atom is 0.306 e. The third-order valence-electron chi connectivity index (χ3n) is 2.57. The normalized spacial score (nSPS) is 13.1. The number of hydrogen-bond donors (Lipinski definition) is 2. The van der Waals surface area contributed by atoms with Gasteiger partial charge in [-0.15, -0.1) is 0 Å².